The summed E-state index contributed by atoms with van der Waals surface area (Å²) in [6.45, 7) is 1.83. The molecule has 0 radical (unpaired) electrons. The summed E-state index contributed by atoms with van der Waals surface area (Å²) in [7, 11) is 0. The Morgan fingerprint density at radius 2 is 2.11 bits per heavy atom. The van der Waals surface area contributed by atoms with Crippen molar-refractivity contribution in [2.45, 2.75) is 13.5 Å². The Hall–Kier alpha value is -2.14. The third kappa shape index (κ3) is 2.41. The first-order chi connectivity index (χ1) is 8.76. The number of para-hydroxylation sites is 1. The molecule has 1 aromatic carbocycles. The van der Waals surface area contributed by atoms with Crippen LogP contribution in [0.1, 0.15) is 23.1 Å². The zero-order valence-electron chi connectivity index (χ0n) is 10.0. The minimum Gasteiger partial charge on any atom is -0.461 e. The fraction of sp³-hybridized carbons (Fsp3) is 0.231. The third-order valence-corrected chi connectivity index (χ3v) is 2.41. The lowest BCUT2D eigenvalue weighted by Crippen LogP contribution is -2.11. The van der Waals surface area contributed by atoms with Gasteiger partial charge < -0.3 is 9.84 Å². The standard InChI is InChI=1S/C13H14N2O3/c1-2-18-13(17)12-8-10(9-16)14-15(12)11-6-4-3-5-7-11/h3-8,16H,2,9H2,1H3. The SMILES string of the molecule is CCOC(=O)c1cc(CO)nn1-c1ccccc1. The molecular formula is C13H14N2O3. The van der Waals surface area contributed by atoms with E-state index in [-0.39, 0.29) is 6.61 Å². The molecule has 0 bridgehead atoms. The molecule has 0 fully saturated rings. The zero-order chi connectivity index (χ0) is 13.0. The van der Waals surface area contributed by atoms with Crippen LogP contribution in [0, 0.1) is 0 Å². The van der Waals surface area contributed by atoms with Crippen molar-refractivity contribution in [1.29, 1.82) is 0 Å². The lowest BCUT2D eigenvalue weighted by molar-refractivity contribution is 0.0516. The second-order valence-electron chi connectivity index (χ2n) is 3.65. The minimum atomic E-state index is -0.450. The van der Waals surface area contributed by atoms with E-state index in [0.29, 0.717) is 18.0 Å². The summed E-state index contributed by atoms with van der Waals surface area (Å²) in [5, 5.41) is 13.3. The fourth-order valence-corrected chi connectivity index (χ4v) is 1.62. The Kier molecular flexibility index (Phi) is 3.74. The normalized spacial score (nSPS) is 10.3. The van der Waals surface area contributed by atoms with Gasteiger partial charge in [-0.05, 0) is 25.1 Å². The number of aromatic nitrogens is 2. The number of nitrogens with zero attached hydrogens (tertiary/aromatic N) is 2. The lowest BCUT2D eigenvalue weighted by Gasteiger charge is -2.06. The number of carbonyl (C=O) groups excluding carboxylic acids is 1. The van der Waals surface area contributed by atoms with E-state index in [2.05, 4.69) is 5.10 Å². The van der Waals surface area contributed by atoms with E-state index < -0.39 is 5.97 Å². The molecule has 0 saturated heterocycles. The molecule has 0 unspecified atom stereocenters. The van der Waals surface area contributed by atoms with Crippen LogP contribution in [-0.2, 0) is 11.3 Å². The Bertz CT molecular complexity index is 534. The molecule has 0 saturated carbocycles. The Labute approximate surface area is 105 Å². The van der Waals surface area contributed by atoms with Gasteiger partial charge in [0.1, 0.15) is 0 Å². The summed E-state index contributed by atoms with van der Waals surface area (Å²) in [5.41, 5.74) is 1.49. The van der Waals surface area contributed by atoms with Gasteiger partial charge in [0, 0.05) is 0 Å². The molecule has 1 N–H and O–H groups in total. The molecule has 1 aromatic heterocycles. The number of rotatable bonds is 4. The number of aliphatic hydroxyl groups excluding tert-OH is 1. The summed E-state index contributed by atoms with van der Waals surface area (Å²) in [6.07, 6.45) is 0. The molecule has 2 aromatic rings. The Morgan fingerprint density at radius 3 is 2.72 bits per heavy atom. The first-order valence-corrected chi connectivity index (χ1v) is 5.68. The molecule has 1 heterocycles. The molecule has 0 spiro atoms. The van der Waals surface area contributed by atoms with Crippen molar-refractivity contribution < 1.29 is 14.6 Å². The number of benzene rings is 1. The van der Waals surface area contributed by atoms with Crippen LogP contribution in [0.15, 0.2) is 36.4 Å². The van der Waals surface area contributed by atoms with Crippen molar-refractivity contribution in [2.24, 2.45) is 0 Å². The average Bonchev–Trinajstić information content (AvgIpc) is 2.84. The fourth-order valence-electron chi connectivity index (χ4n) is 1.62. The number of esters is 1. The molecule has 0 amide bonds. The smallest absolute Gasteiger partial charge is 0.357 e. The summed E-state index contributed by atoms with van der Waals surface area (Å²) >= 11 is 0. The van der Waals surface area contributed by atoms with E-state index in [0.717, 1.165) is 5.69 Å². The highest BCUT2D eigenvalue weighted by molar-refractivity contribution is 5.88. The van der Waals surface area contributed by atoms with E-state index in [1.165, 1.54) is 10.7 Å². The summed E-state index contributed by atoms with van der Waals surface area (Å²) < 4.78 is 6.44. The van der Waals surface area contributed by atoms with Crippen LogP contribution in [0.25, 0.3) is 5.69 Å². The Balaban J connectivity index is 2.45. The van der Waals surface area contributed by atoms with Crippen LogP contribution in [0.5, 0.6) is 0 Å². The number of hydrogen-bond donors (Lipinski definition) is 1. The highest BCUT2D eigenvalue weighted by atomic mass is 16.5. The van der Waals surface area contributed by atoms with E-state index in [1.807, 2.05) is 30.3 Å². The molecule has 94 valence electrons. The molecule has 18 heavy (non-hydrogen) atoms. The quantitative estimate of drug-likeness (QED) is 0.831. The van der Waals surface area contributed by atoms with Crippen molar-refractivity contribution in [3.8, 4) is 5.69 Å². The molecule has 5 heteroatoms. The van der Waals surface area contributed by atoms with Gasteiger partial charge in [-0.1, -0.05) is 18.2 Å². The molecule has 0 aliphatic rings. The van der Waals surface area contributed by atoms with E-state index in [1.54, 1.807) is 6.92 Å². The summed E-state index contributed by atoms with van der Waals surface area (Å²) in [5.74, 6) is -0.450. The first-order valence-electron chi connectivity index (χ1n) is 5.68. The van der Waals surface area contributed by atoms with Crippen molar-refractivity contribution in [2.75, 3.05) is 6.61 Å². The molecule has 5 nitrogen and oxygen atoms in total. The predicted octanol–water partition coefficient (Wildman–Crippen LogP) is 1.54. The largest absolute Gasteiger partial charge is 0.461 e. The predicted molar refractivity (Wildman–Crippen MR) is 65.4 cm³/mol. The van der Waals surface area contributed by atoms with Crippen LogP contribution in [-0.4, -0.2) is 27.5 Å². The third-order valence-electron chi connectivity index (χ3n) is 2.41. The van der Waals surface area contributed by atoms with Crippen molar-refractivity contribution in [3.63, 3.8) is 0 Å². The zero-order valence-corrected chi connectivity index (χ0v) is 10.0. The number of aliphatic hydroxyl groups is 1. The van der Waals surface area contributed by atoms with Crippen LogP contribution in [0.4, 0.5) is 0 Å². The van der Waals surface area contributed by atoms with Crippen molar-refractivity contribution in [3.05, 3.63) is 47.8 Å². The molecular weight excluding hydrogens is 232 g/mol. The maximum absolute atomic E-state index is 11.8. The summed E-state index contributed by atoms with van der Waals surface area (Å²) in [4.78, 5) is 11.8. The highest BCUT2D eigenvalue weighted by Crippen LogP contribution is 2.13. The Morgan fingerprint density at radius 1 is 1.39 bits per heavy atom. The van der Waals surface area contributed by atoms with Gasteiger partial charge in [-0.15, -0.1) is 0 Å². The molecule has 0 aliphatic carbocycles. The maximum atomic E-state index is 11.8. The molecule has 2 rings (SSSR count). The van der Waals surface area contributed by atoms with E-state index >= 15 is 0 Å². The van der Waals surface area contributed by atoms with E-state index in [4.69, 9.17) is 9.84 Å². The lowest BCUT2D eigenvalue weighted by atomic mass is 10.3. The van der Waals surface area contributed by atoms with Crippen LogP contribution in [0.2, 0.25) is 0 Å². The first kappa shape index (κ1) is 12.3. The topological polar surface area (TPSA) is 64.3 Å². The van der Waals surface area contributed by atoms with Gasteiger partial charge in [0.05, 0.1) is 24.6 Å². The monoisotopic (exact) mass is 246 g/mol. The second-order valence-corrected chi connectivity index (χ2v) is 3.65. The molecule has 0 atom stereocenters. The van der Waals surface area contributed by atoms with Gasteiger partial charge >= 0.3 is 5.97 Å². The summed E-state index contributed by atoms with van der Waals surface area (Å²) in [6, 6.07) is 10.8. The van der Waals surface area contributed by atoms with Crippen LogP contribution < -0.4 is 0 Å². The van der Waals surface area contributed by atoms with E-state index in [9.17, 15) is 4.79 Å². The van der Waals surface area contributed by atoms with Gasteiger partial charge in [-0.2, -0.15) is 5.10 Å². The minimum absolute atomic E-state index is 0.216. The average molecular weight is 246 g/mol. The van der Waals surface area contributed by atoms with Crippen molar-refractivity contribution in [1.82, 2.24) is 9.78 Å². The number of carbonyl (C=O) groups is 1. The number of hydrogen-bond acceptors (Lipinski definition) is 4. The van der Waals surface area contributed by atoms with Gasteiger partial charge in [-0.25, -0.2) is 9.48 Å². The van der Waals surface area contributed by atoms with Gasteiger partial charge in [0.2, 0.25) is 0 Å². The van der Waals surface area contributed by atoms with Gasteiger partial charge in [0.15, 0.2) is 5.69 Å². The van der Waals surface area contributed by atoms with Gasteiger partial charge in [-0.3, -0.25) is 0 Å². The van der Waals surface area contributed by atoms with Crippen LogP contribution >= 0.6 is 0 Å². The molecule has 0 aliphatic heterocycles. The van der Waals surface area contributed by atoms with Gasteiger partial charge in [0.25, 0.3) is 0 Å². The maximum Gasteiger partial charge on any atom is 0.357 e. The van der Waals surface area contributed by atoms with Crippen molar-refractivity contribution >= 4 is 5.97 Å². The highest BCUT2D eigenvalue weighted by Gasteiger charge is 2.17. The van der Waals surface area contributed by atoms with Crippen LogP contribution in [0.3, 0.4) is 0 Å². The second kappa shape index (κ2) is 5.46. The number of ether oxygens (including phenoxy) is 1.